The first-order valence-corrected chi connectivity index (χ1v) is 16.0. The first kappa shape index (κ1) is 31.8. The number of hydrogen-bond donors (Lipinski definition) is 3. The van der Waals surface area contributed by atoms with E-state index in [0.29, 0.717) is 41.9 Å². The number of nitrogens with one attached hydrogen (secondary N) is 1. The van der Waals surface area contributed by atoms with E-state index in [9.17, 15) is 28.0 Å². The van der Waals surface area contributed by atoms with Gasteiger partial charge in [-0.15, -0.1) is 0 Å². The molecule has 0 heterocycles. The van der Waals surface area contributed by atoms with Crippen molar-refractivity contribution in [1.82, 2.24) is 5.32 Å². The molecule has 4 saturated carbocycles. The van der Waals surface area contributed by atoms with Crippen molar-refractivity contribution in [2.75, 3.05) is 12.3 Å². The van der Waals surface area contributed by atoms with Gasteiger partial charge < -0.3 is 20.1 Å². The summed E-state index contributed by atoms with van der Waals surface area (Å²) in [6.07, 6.45) is 11.3. The Labute approximate surface area is 246 Å². The Kier molecular flexibility index (Phi) is 10.7. The average molecular weight is 550 g/mol. The fourth-order valence-electron chi connectivity index (χ4n) is 9.53. The molecule has 4 fully saturated rings. The van der Waals surface area contributed by atoms with Crippen molar-refractivity contribution >= 4 is 16.0 Å². The largest absolute Gasteiger partial charge is 1.00 e. The van der Waals surface area contributed by atoms with Gasteiger partial charge >= 0.3 is 29.6 Å². The SMILES string of the molecule is C[C@H](CCCCC(=O)NCCS(=O)(=O)[O-])[C@H]1CC[C@H]2[C@@H]3[C@@H](O)C[C@@H]4C[C@H](O)CC[C@]4(C)[C@H]3CC[C@]12C.[Na+]. The van der Waals surface area contributed by atoms with Crippen LogP contribution in [0.2, 0.25) is 0 Å². The minimum atomic E-state index is -4.29. The van der Waals surface area contributed by atoms with Crippen LogP contribution in [0.3, 0.4) is 0 Å². The minimum absolute atomic E-state index is 0. The zero-order chi connectivity index (χ0) is 26.3. The van der Waals surface area contributed by atoms with Gasteiger partial charge in [0.1, 0.15) is 0 Å². The number of amides is 1. The molecule has 0 aromatic rings. The molecule has 0 aliphatic heterocycles. The Hall–Kier alpha value is 0.300. The summed E-state index contributed by atoms with van der Waals surface area (Å²) in [6.45, 7) is 7.20. The van der Waals surface area contributed by atoms with Crippen LogP contribution in [0, 0.1) is 46.3 Å². The zero-order valence-electron chi connectivity index (χ0n) is 23.5. The van der Waals surface area contributed by atoms with Crippen LogP contribution in [0.4, 0.5) is 0 Å². The van der Waals surface area contributed by atoms with Crippen molar-refractivity contribution in [3.05, 3.63) is 0 Å². The molecule has 0 radical (unpaired) electrons. The van der Waals surface area contributed by atoms with E-state index in [0.717, 1.165) is 44.9 Å². The number of hydrogen-bond acceptors (Lipinski definition) is 6. The maximum atomic E-state index is 11.9. The van der Waals surface area contributed by atoms with Gasteiger partial charge in [-0.3, -0.25) is 4.79 Å². The predicted octanol–water partition coefficient (Wildman–Crippen LogP) is 0.839. The summed E-state index contributed by atoms with van der Waals surface area (Å²) in [5, 5.41) is 24.2. The maximum Gasteiger partial charge on any atom is 1.00 e. The maximum absolute atomic E-state index is 11.9. The van der Waals surface area contributed by atoms with E-state index in [1.165, 1.54) is 25.7 Å². The number of aliphatic hydroxyl groups is 2. The van der Waals surface area contributed by atoms with Crippen LogP contribution < -0.4 is 34.9 Å². The van der Waals surface area contributed by atoms with E-state index in [2.05, 4.69) is 26.1 Å². The molecule has 7 nitrogen and oxygen atoms in total. The molecule has 0 aromatic heterocycles. The molecule has 9 heteroatoms. The molecule has 4 rings (SSSR count). The summed E-state index contributed by atoms with van der Waals surface area (Å²) in [4.78, 5) is 11.9. The Morgan fingerprint density at radius 1 is 1.03 bits per heavy atom. The first-order chi connectivity index (χ1) is 16.8. The van der Waals surface area contributed by atoms with Gasteiger partial charge in [0.05, 0.1) is 28.1 Å². The zero-order valence-corrected chi connectivity index (χ0v) is 26.3. The van der Waals surface area contributed by atoms with Gasteiger partial charge in [-0.25, -0.2) is 8.42 Å². The van der Waals surface area contributed by atoms with Crippen LogP contribution in [-0.4, -0.2) is 53.6 Å². The number of fused-ring (bicyclic) bond motifs is 5. The van der Waals surface area contributed by atoms with Crippen molar-refractivity contribution in [2.45, 2.75) is 110 Å². The molecular formula is C28H48NNaO6S. The molecule has 37 heavy (non-hydrogen) atoms. The Morgan fingerprint density at radius 2 is 1.70 bits per heavy atom. The Morgan fingerprint density at radius 3 is 2.41 bits per heavy atom. The van der Waals surface area contributed by atoms with Gasteiger partial charge in [0.25, 0.3) is 0 Å². The Bertz CT molecular complexity index is 901. The van der Waals surface area contributed by atoms with Gasteiger partial charge in [-0.05, 0) is 104 Å². The molecule has 4 aliphatic rings. The molecule has 4 aliphatic carbocycles. The molecule has 10 atom stereocenters. The topological polar surface area (TPSA) is 127 Å². The fraction of sp³-hybridized carbons (Fsp3) is 0.964. The third kappa shape index (κ3) is 6.79. The summed E-state index contributed by atoms with van der Waals surface area (Å²) >= 11 is 0. The van der Waals surface area contributed by atoms with Crippen molar-refractivity contribution in [1.29, 1.82) is 0 Å². The summed E-state index contributed by atoms with van der Waals surface area (Å²) < 4.78 is 32.0. The van der Waals surface area contributed by atoms with Crippen LogP contribution in [0.5, 0.6) is 0 Å². The predicted molar refractivity (Wildman–Crippen MR) is 138 cm³/mol. The monoisotopic (exact) mass is 549 g/mol. The molecule has 0 saturated heterocycles. The molecular weight excluding hydrogens is 501 g/mol. The standard InChI is InChI=1S/C28H49NO6S.Na/c1-18(6-4-5-7-25(32)29-14-15-36(33,34)35)21-8-9-22-26-23(11-13-28(21,22)3)27(2)12-10-20(30)16-19(27)17-24(26)31;/h18-24,26,30-31H,4-17H2,1-3H3,(H,29,32)(H,33,34,35);/q;+1/p-1/t18-,19+,20-,21-,22+,23+,24+,26+,27+,28-;/m1./s1. The quantitative estimate of drug-likeness (QED) is 0.222. The summed E-state index contributed by atoms with van der Waals surface area (Å²) in [6, 6.07) is 0. The fourth-order valence-corrected chi connectivity index (χ4v) is 9.88. The number of unbranched alkanes of at least 4 members (excludes halogenated alkanes) is 1. The van der Waals surface area contributed by atoms with Gasteiger partial charge in [-0.2, -0.15) is 0 Å². The number of rotatable bonds is 9. The molecule has 3 N–H and O–H groups in total. The number of aliphatic hydroxyl groups excluding tert-OH is 2. The van der Waals surface area contributed by atoms with Crippen molar-refractivity contribution in [2.24, 2.45) is 46.3 Å². The van der Waals surface area contributed by atoms with Crippen LogP contribution in [0.1, 0.15) is 97.8 Å². The van der Waals surface area contributed by atoms with Crippen LogP contribution in [-0.2, 0) is 14.9 Å². The van der Waals surface area contributed by atoms with Crippen molar-refractivity contribution in [3.8, 4) is 0 Å². The molecule has 0 bridgehead atoms. The van der Waals surface area contributed by atoms with Crippen LogP contribution >= 0.6 is 0 Å². The summed E-state index contributed by atoms with van der Waals surface area (Å²) in [7, 11) is -4.29. The average Bonchev–Trinajstić information content (AvgIpc) is 3.14. The van der Waals surface area contributed by atoms with E-state index in [4.69, 9.17) is 0 Å². The van der Waals surface area contributed by atoms with E-state index in [1.54, 1.807) is 0 Å². The van der Waals surface area contributed by atoms with Gasteiger partial charge in [0, 0.05) is 13.0 Å². The number of carbonyl (C=O) groups excluding carboxylic acids is 1. The molecule has 0 spiro atoms. The normalized spacial score (nSPS) is 42.1. The summed E-state index contributed by atoms with van der Waals surface area (Å²) in [5.74, 6) is 2.44. The Balaban J connectivity index is 0.00000380. The molecule has 0 aromatic carbocycles. The van der Waals surface area contributed by atoms with E-state index < -0.39 is 15.9 Å². The third-order valence-electron chi connectivity index (χ3n) is 11.4. The van der Waals surface area contributed by atoms with E-state index >= 15 is 0 Å². The smallest absolute Gasteiger partial charge is 0.748 e. The third-order valence-corrected chi connectivity index (χ3v) is 12.1. The minimum Gasteiger partial charge on any atom is -0.748 e. The van der Waals surface area contributed by atoms with Crippen LogP contribution in [0.15, 0.2) is 0 Å². The number of carbonyl (C=O) groups is 1. The van der Waals surface area contributed by atoms with Crippen molar-refractivity contribution in [3.63, 3.8) is 0 Å². The second kappa shape index (κ2) is 12.4. The second-order valence-corrected chi connectivity index (χ2v) is 14.8. The van der Waals surface area contributed by atoms with Gasteiger partial charge in [0.2, 0.25) is 5.91 Å². The van der Waals surface area contributed by atoms with E-state index in [1.807, 2.05) is 0 Å². The van der Waals surface area contributed by atoms with Crippen LogP contribution in [0.25, 0.3) is 0 Å². The van der Waals surface area contributed by atoms with Gasteiger partial charge in [-0.1, -0.05) is 33.6 Å². The van der Waals surface area contributed by atoms with Crippen molar-refractivity contribution < 1.29 is 57.5 Å². The molecule has 1 amide bonds. The second-order valence-electron chi connectivity index (χ2n) is 13.3. The first-order valence-electron chi connectivity index (χ1n) is 14.4. The van der Waals surface area contributed by atoms with E-state index in [-0.39, 0.29) is 65.0 Å². The molecule has 208 valence electrons. The summed E-state index contributed by atoms with van der Waals surface area (Å²) in [5.41, 5.74) is 0.521. The molecule has 0 unspecified atom stereocenters. The van der Waals surface area contributed by atoms with Gasteiger partial charge in [0.15, 0.2) is 0 Å².